The van der Waals surface area contributed by atoms with Crippen LogP contribution in [0.3, 0.4) is 0 Å². The molecule has 3 heteroatoms. The topological polar surface area (TPSA) is 38.4 Å². The highest BCUT2D eigenvalue weighted by Crippen LogP contribution is 2.19. The van der Waals surface area contributed by atoms with Gasteiger partial charge in [-0.15, -0.1) is 11.8 Å². The van der Waals surface area contributed by atoms with Crippen molar-refractivity contribution >= 4 is 28.6 Å². The molecule has 1 atom stereocenters. The SMILES string of the molecule is CC1CSC(/C=C/c2ccc(N)cc2)=N1. The molecule has 0 fully saturated rings. The van der Waals surface area contributed by atoms with Crippen LogP contribution >= 0.6 is 11.8 Å². The molecule has 1 unspecified atom stereocenters. The Morgan fingerprint density at radius 2 is 2.07 bits per heavy atom. The second-order valence-electron chi connectivity index (χ2n) is 3.63. The number of nitrogen functional groups attached to an aromatic ring is 1. The molecule has 1 aliphatic rings. The number of hydrogen-bond acceptors (Lipinski definition) is 3. The summed E-state index contributed by atoms with van der Waals surface area (Å²) in [6, 6.07) is 8.30. The van der Waals surface area contributed by atoms with Gasteiger partial charge in [-0.1, -0.05) is 18.2 Å². The standard InChI is InChI=1S/C12H14N2S/c1-9-8-15-12(14-9)7-4-10-2-5-11(13)6-3-10/h2-7,9H,8,13H2,1H3/b7-4+. The van der Waals surface area contributed by atoms with E-state index in [0.29, 0.717) is 6.04 Å². The zero-order valence-electron chi connectivity index (χ0n) is 8.68. The maximum Gasteiger partial charge on any atom is 0.0908 e. The van der Waals surface area contributed by atoms with Gasteiger partial charge in [0.15, 0.2) is 0 Å². The summed E-state index contributed by atoms with van der Waals surface area (Å²) >= 11 is 1.81. The maximum absolute atomic E-state index is 5.61. The fourth-order valence-corrected chi connectivity index (χ4v) is 2.27. The maximum atomic E-state index is 5.61. The van der Waals surface area contributed by atoms with E-state index in [1.807, 2.05) is 36.0 Å². The van der Waals surface area contributed by atoms with Crippen molar-refractivity contribution in [3.8, 4) is 0 Å². The van der Waals surface area contributed by atoms with Crippen LogP contribution in [0.4, 0.5) is 5.69 Å². The summed E-state index contributed by atoms with van der Waals surface area (Å²) < 4.78 is 0. The smallest absolute Gasteiger partial charge is 0.0908 e. The van der Waals surface area contributed by atoms with Crippen LogP contribution in [0.25, 0.3) is 6.08 Å². The van der Waals surface area contributed by atoms with Crippen LogP contribution in [0.5, 0.6) is 0 Å². The van der Waals surface area contributed by atoms with E-state index in [-0.39, 0.29) is 0 Å². The number of anilines is 1. The zero-order chi connectivity index (χ0) is 10.7. The first-order chi connectivity index (χ1) is 7.24. The van der Waals surface area contributed by atoms with Crippen molar-refractivity contribution < 1.29 is 0 Å². The highest BCUT2D eigenvalue weighted by atomic mass is 32.2. The summed E-state index contributed by atoms with van der Waals surface area (Å²) in [5.74, 6) is 1.10. The number of nitrogens with zero attached hydrogens (tertiary/aromatic N) is 1. The van der Waals surface area contributed by atoms with E-state index in [1.54, 1.807) is 0 Å². The second-order valence-corrected chi connectivity index (χ2v) is 4.67. The minimum atomic E-state index is 0.459. The summed E-state index contributed by atoms with van der Waals surface area (Å²) in [5.41, 5.74) is 7.57. The van der Waals surface area contributed by atoms with E-state index in [0.717, 1.165) is 22.0 Å². The van der Waals surface area contributed by atoms with Crippen LogP contribution in [-0.2, 0) is 0 Å². The molecule has 0 aromatic heterocycles. The molecule has 0 aliphatic carbocycles. The number of benzene rings is 1. The van der Waals surface area contributed by atoms with Gasteiger partial charge in [-0.2, -0.15) is 0 Å². The van der Waals surface area contributed by atoms with Crippen LogP contribution in [0.15, 0.2) is 35.3 Å². The number of nitrogens with two attached hydrogens (primary N) is 1. The van der Waals surface area contributed by atoms with E-state index in [2.05, 4.69) is 24.1 Å². The summed E-state index contributed by atoms with van der Waals surface area (Å²) in [5, 5.41) is 1.12. The predicted octanol–water partition coefficient (Wildman–Crippen LogP) is 2.82. The van der Waals surface area contributed by atoms with Gasteiger partial charge in [0.2, 0.25) is 0 Å². The molecule has 15 heavy (non-hydrogen) atoms. The molecular weight excluding hydrogens is 204 g/mol. The number of thioether (sulfide) groups is 1. The average molecular weight is 218 g/mol. The first-order valence-electron chi connectivity index (χ1n) is 4.98. The molecule has 1 aromatic rings. The zero-order valence-corrected chi connectivity index (χ0v) is 9.50. The van der Waals surface area contributed by atoms with Gasteiger partial charge in [0.05, 0.1) is 11.1 Å². The molecule has 0 saturated carbocycles. The van der Waals surface area contributed by atoms with Crippen molar-refractivity contribution in [3.05, 3.63) is 35.9 Å². The first kappa shape index (κ1) is 10.3. The minimum Gasteiger partial charge on any atom is -0.399 e. The van der Waals surface area contributed by atoms with Crippen molar-refractivity contribution in [3.63, 3.8) is 0 Å². The minimum absolute atomic E-state index is 0.459. The Hall–Kier alpha value is -1.22. The normalized spacial score (nSPS) is 20.9. The Bertz CT molecular complexity index is 393. The van der Waals surface area contributed by atoms with Gasteiger partial charge >= 0.3 is 0 Å². The van der Waals surface area contributed by atoms with E-state index < -0.39 is 0 Å². The molecule has 0 spiro atoms. The third-order valence-electron chi connectivity index (χ3n) is 2.17. The lowest BCUT2D eigenvalue weighted by atomic mass is 10.2. The van der Waals surface area contributed by atoms with Gasteiger partial charge in [-0.25, -0.2) is 0 Å². The van der Waals surface area contributed by atoms with Gasteiger partial charge in [0.25, 0.3) is 0 Å². The number of hydrogen-bond donors (Lipinski definition) is 1. The highest BCUT2D eigenvalue weighted by molar-refractivity contribution is 8.14. The Kier molecular flexibility index (Phi) is 3.11. The average Bonchev–Trinajstić information content (AvgIpc) is 2.64. The van der Waals surface area contributed by atoms with E-state index >= 15 is 0 Å². The molecule has 2 nitrogen and oxygen atoms in total. The van der Waals surface area contributed by atoms with Crippen molar-refractivity contribution in [2.75, 3.05) is 11.5 Å². The molecule has 0 radical (unpaired) electrons. The number of aliphatic imine (C=N–C) groups is 1. The molecule has 1 aromatic carbocycles. The lowest BCUT2D eigenvalue weighted by Gasteiger charge is -1.94. The van der Waals surface area contributed by atoms with Crippen molar-refractivity contribution in [2.24, 2.45) is 4.99 Å². The molecule has 1 heterocycles. The highest BCUT2D eigenvalue weighted by Gasteiger charge is 2.10. The van der Waals surface area contributed by atoms with Gasteiger partial charge in [0, 0.05) is 11.4 Å². The Morgan fingerprint density at radius 3 is 2.67 bits per heavy atom. The van der Waals surface area contributed by atoms with Crippen molar-refractivity contribution in [1.29, 1.82) is 0 Å². The van der Waals surface area contributed by atoms with Crippen LogP contribution < -0.4 is 5.73 Å². The largest absolute Gasteiger partial charge is 0.399 e. The molecule has 0 bridgehead atoms. The molecule has 1 aliphatic heterocycles. The van der Waals surface area contributed by atoms with Gasteiger partial charge in [0.1, 0.15) is 0 Å². The summed E-state index contributed by atoms with van der Waals surface area (Å²) in [7, 11) is 0. The fraction of sp³-hybridized carbons (Fsp3) is 0.250. The van der Waals surface area contributed by atoms with Crippen molar-refractivity contribution in [1.82, 2.24) is 0 Å². The first-order valence-corrected chi connectivity index (χ1v) is 5.97. The third kappa shape index (κ3) is 2.86. The predicted molar refractivity (Wildman–Crippen MR) is 69.2 cm³/mol. The molecule has 78 valence electrons. The molecule has 2 rings (SSSR count). The lowest BCUT2D eigenvalue weighted by molar-refractivity contribution is 0.866. The van der Waals surface area contributed by atoms with E-state index in [4.69, 9.17) is 5.73 Å². The van der Waals surface area contributed by atoms with Gasteiger partial charge < -0.3 is 5.73 Å². The fourth-order valence-electron chi connectivity index (χ4n) is 1.36. The Morgan fingerprint density at radius 1 is 1.33 bits per heavy atom. The van der Waals surface area contributed by atoms with Crippen LogP contribution in [0, 0.1) is 0 Å². The summed E-state index contributed by atoms with van der Waals surface area (Å²) in [6.07, 6.45) is 4.14. The number of rotatable bonds is 2. The molecule has 2 N–H and O–H groups in total. The Labute approximate surface area is 94.3 Å². The second kappa shape index (κ2) is 4.53. The summed E-state index contributed by atoms with van der Waals surface area (Å²) in [6.45, 7) is 2.14. The quantitative estimate of drug-likeness (QED) is 0.775. The van der Waals surface area contributed by atoms with Crippen LogP contribution in [0.2, 0.25) is 0 Å². The van der Waals surface area contributed by atoms with Gasteiger partial charge in [-0.05, 0) is 30.7 Å². The molecule has 0 saturated heterocycles. The van der Waals surface area contributed by atoms with Gasteiger partial charge in [-0.3, -0.25) is 4.99 Å². The summed E-state index contributed by atoms with van der Waals surface area (Å²) in [4.78, 5) is 4.49. The van der Waals surface area contributed by atoms with Crippen molar-refractivity contribution in [2.45, 2.75) is 13.0 Å². The van der Waals surface area contributed by atoms with Crippen LogP contribution in [0.1, 0.15) is 12.5 Å². The molecule has 0 amide bonds. The molecular formula is C12H14N2S. The lowest BCUT2D eigenvalue weighted by Crippen LogP contribution is -1.92. The van der Waals surface area contributed by atoms with E-state index in [1.165, 1.54) is 0 Å². The monoisotopic (exact) mass is 218 g/mol. The van der Waals surface area contributed by atoms with Crippen LogP contribution in [-0.4, -0.2) is 16.8 Å². The van der Waals surface area contributed by atoms with E-state index in [9.17, 15) is 0 Å². The Balaban J connectivity index is 2.05. The third-order valence-corrected chi connectivity index (χ3v) is 3.36.